The van der Waals surface area contributed by atoms with E-state index in [2.05, 4.69) is 43.7 Å². The van der Waals surface area contributed by atoms with E-state index in [1.807, 2.05) is 61.8 Å². The average molecular weight is 354 g/mol. The highest BCUT2D eigenvalue weighted by molar-refractivity contribution is 5.85. The van der Waals surface area contributed by atoms with Gasteiger partial charge in [-0.3, -0.25) is 4.57 Å². The molecule has 3 heterocycles. The van der Waals surface area contributed by atoms with E-state index in [1.165, 1.54) is 10.9 Å². The number of hydrogen-bond acceptors (Lipinski definition) is 3. The van der Waals surface area contributed by atoms with Crippen LogP contribution in [0.2, 0.25) is 0 Å². The number of hydrogen-bond donors (Lipinski definition) is 0. The Labute approximate surface area is 156 Å². The summed E-state index contributed by atoms with van der Waals surface area (Å²) in [4.78, 5) is 4.32. The maximum absolute atomic E-state index is 5.68. The molecule has 5 nitrogen and oxygen atoms in total. The molecule has 0 bridgehead atoms. The minimum atomic E-state index is 0.707. The quantitative estimate of drug-likeness (QED) is 0.464. The minimum Gasteiger partial charge on any atom is -0.337 e. The number of nitrogens with zero attached hydrogens (tertiary/aromatic N) is 4. The predicted molar refractivity (Wildman–Crippen MR) is 105 cm³/mol. The fourth-order valence-electron chi connectivity index (χ4n) is 3.44. The molecule has 2 aromatic carbocycles. The predicted octanol–water partition coefficient (Wildman–Crippen LogP) is 4.84. The maximum atomic E-state index is 5.68. The number of imidazole rings is 1. The lowest BCUT2D eigenvalue weighted by atomic mass is 10.1. The fourth-order valence-corrected chi connectivity index (χ4v) is 3.44. The van der Waals surface area contributed by atoms with Crippen LogP contribution in [-0.4, -0.2) is 19.3 Å². The van der Waals surface area contributed by atoms with E-state index >= 15 is 0 Å². The Hall–Kier alpha value is -3.60. The molecule has 0 N–H and O–H groups in total. The summed E-state index contributed by atoms with van der Waals surface area (Å²) in [6.07, 6.45) is 5.96. The van der Waals surface area contributed by atoms with Crippen molar-refractivity contribution in [3.63, 3.8) is 0 Å². The molecule has 0 fully saturated rings. The molecule has 0 aliphatic heterocycles. The van der Waals surface area contributed by atoms with Crippen molar-refractivity contribution < 1.29 is 4.52 Å². The van der Waals surface area contributed by atoms with Crippen LogP contribution in [0.15, 0.2) is 83.8 Å². The largest absolute Gasteiger partial charge is 0.337 e. The van der Waals surface area contributed by atoms with Gasteiger partial charge in [-0.05, 0) is 18.6 Å². The lowest BCUT2D eigenvalue weighted by molar-refractivity contribution is 0.410. The molecule has 0 atom stereocenters. The van der Waals surface area contributed by atoms with Crippen molar-refractivity contribution >= 4 is 10.9 Å². The van der Waals surface area contributed by atoms with Crippen LogP contribution in [0, 0.1) is 6.92 Å². The highest BCUT2D eigenvalue weighted by atomic mass is 16.5. The molecule has 0 aliphatic carbocycles. The molecule has 3 aromatic heterocycles. The van der Waals surface area contributed by atoms with Crippen molar-refractivity contribution in [2.75, 3.05) is 0 Å². The summed E-state index contributed by atoms with van der Waals surface area (Å²) in [5.74, 6) is 1.71. The van der Waals surface area contributed by atoms with E-state index in [0.717, 1.165) is 29.1 Å². The summed E-state index contributed by atoms with van der Waals surface area (Å²) in [7, 11) is 0. The Balaban J connectivity index is 1.60. The van der Waals surface area contributed by atoms with Gasteiger partial charge in [-0.1, -0.05) is 53.7 Å². The molecule has 0 spiro atoms. The van der Waals surface area contributed by atoms with Gasteiger partial charge in [-0.25, -0.2) is 4.98 Å². The van der Waals surface area contributed by atoms with E-state index in [4.69, 9.17) is 4.52 Å². The monoisotopic (exact) mass is 354 g/mol. The summed E-state index contributed by atoms with van der Waals surface area (Å²) in [5.41, 5.74) is 4.18. The number of aromatic nitrogens is 4. The second kappa shape index (κ2) is 6.29. The van der Waals surface area contributed by atoms with Crippen LogP contribution < -0.4 is 0 Å². The highest BCUT2D eigenvalue weighted by Gasteiger charge is 2.14. The molecule has 5 rings (SSSR count). The number of fused-ring (bicyclic) bond motifs is 1. The van der Waals surface area contributed by atoms with Gasteiger partial charge in [-0.2, -0.15) is 0 Å². The Kier molecular flexibility index (Phi) is 3.64. The zero-order valence-electron chi connectivity index (χ0n) is 14.9. The van der Waals surface area contributed by atoms with Gasteiger partial charge in [0.15, 0.2) is 0 Å². The van der Waals surface area contributed by atoms with Gasteiger partial charge >= 0.3 is 0 Å². The Bertz CT molecular complexity index is 1210. The van der Waals surface area contributed by atoms with E-state index < -0.39 is 0 Å². The van der Waals surface area contributed by atoms with Gasteiger partial charge in [0.1, 0.15) is 11.5 Å². The Morgan fingerprint density at radius 1 is 1.00 bits per heavy atom. The molecule has 5 aromatic rings. The second-order valence-corrected chi connectivity index (χ2v) is 6.56. The van der Waals surface area contributed by atoms with Crippen LogP contribution in [0.1, 0.15) is 11.4 Å². The first kappa shape index (κ1) is 15.6. The SMILES string of the molecule is Cc1nccn1Cc1cn(-c2cc(-c3ccccc3)no2)c2ccccc12. The molecule has 5 heteroatoms. The van der Waals surface area contributed by atoms with Gasteiger partial charge in [0.25, 0.3) is 0 Å². The zero-order valence-corrected chi connectivity index (χ0v) is 14.9. The van der Waals surface area contributed by atoms with Crippen LogP contribution in [0.25, 0.3) is 28.0 Å². The van der Waals surface area contributed by atoms with Crippen molar-refractivity contribution in [2.45, 2.75) is 13.5 Å². The number of para-hydroxylation sites is 1. The van der Waals surface area contributed by atoms with Gasteiger partial charge in [-0.15, -0.1) is 0 Å². The third kappa shape index (κ3) is 2.73. The molecule has 0 saturated carbocycles. The van der Waals surface area contributed by atoms with Crippen LogP contribution >= 0.6 is 0 Å². The van der Waals surface area contributed by atoms with Crippen molar-refractivity contribution in [1.82, 2.24) is 19.3 Å². The molecular weight excluding hydrogens is 336 g/mol. The molecule has 0 amide bonds. The van der Waals surface area contributed by atoms with Crippen molar-refractivity contribution in [3.8, 4) is 17.1 Å². The number of benzene rings is 2. The molecular formula is C22H18N4O. The third-order valence-corrected chi connectivity index (χ3v) is 4.86. The van der Waals surface area contributed by atoms with E-state index in [1.54, 1.807) is 0 Å². The topological polar surface area (TPSA) is 48.8 Å². The summed E-state index contributed by atoms with van der Waals surface area (Å²) in [5, 5.41) is 5.46. The summed E-state index contributed by atoms with van der Waals surface area (Å²) < 4.78 is 9.89. The van der Waals surface area contributed by atoms with Gasteiger partial charge < -0.3 is 9.09 Å². The van der Waals surface area contributed by atoms with Crippen molar-refractivity contribution in [1.29, 1.82) is 0 Å². The molecule has 0 aliphatic rings. The summed E-state index contributed by atoms with van der Waals surface area (Å²) in [6.45, 7) is 2.78. The van der Waals surface area contributed by atoms with Gasteiger partial charge in [0, 0.05) is 35.6 Å². The Morgan fingerprint density at radius 2 is 1.81 bits per heavy atom. The van der Waals surface area contributed by atoms with E-state index in [9.17, 15) is 0 Å². The zero-order chi connectivity index (χ0) is 18.2. The van der Waals surface area contributed by atoms with Crippen molar-refractivity contribution in [2.24, 2.45) is 0 Å². The lowest BCUT2D eigenvalue weighted by Crippen LogP contribution is -2.00. The maximum Gasteiger partial charge on any atom is 0.236 e. The van der Waals surface area contributed by atoms with E-state index in [0.29, 0.717) is 5.88 Å². The summed E-state index contributed by atoms with van der Waals surface area (Å²) >= 11 is 0. The fraction of sp³-hybridized carbons (Fsp3) is 0.0909. The summed E-state index contributed by atoms with van der Waals surface area (Å²) in [6, 6.07) is 20.4. The van der Waals surface area contributed by atoms with Crippen LogP contribution in [-0.2, 0) is 6.54 Å². The van der Waals surface area contributed by atoms with Crippen LogP contribution in [0.4, 0.5) is 0 Å². The number of aryl methyl sites for hydroxylation is 1. The first-order valence-electron chi connectivity index (χ1n) is 8.89. The van der Waals surface area contributed by atoms with E-state index in [-0.39, 0.29) is 0 Å². The molecule has 0 radical (unpaired) electrons. The van der Waals surface area contributed by atoms with Crippen molar-refractivity contribution in [3.05, 3.63) is 90.6 Å². The van der Waals surface area contributed by atoms with Gasteiger partial charge in [0.2, 0.25) is 5.88 Å². The first-order valence-corrected chi connectivity index (χ1v) is 8.89. The van der Waals surface area contributed by atoms with Crippen LogP contribution in [0.5, 0.6) is 0 Å². The lowest BCUT2D eigenvalue weighted by Gasteiger charge is -2.03. The van der Waals surface area contributed by atoms with Crippen LogP contribution in [0.3, 0.4) is 0 Å². The highest BCUT2D eigenvalue weighted by Crippen LogP contribution is 2.28. The average Bonchev–Trinajstić information content (AvgIpc) is 3.43. The molecule has 0 saturated heterocycles. The normalized spacial score (nSPS) is 11.3. The first-order chi connectivity index (χ1) is 13.3. The molecule has 0 unspecified atom stereocenters. The number of rotatable bonds is 4. The second-order valence-electron chi connectivity index (χ2n) is 6.56. The Morgan fingerprint density at radius 3 is 2.63 bits per heavy atom. The molecule has 132 valence electrons. The molecule has 27 heavy (non-hydrogen) atoms. The third-order valence-electron chi connectivity index (χ3n) is 4.86. The smallest absolute Gasteiger partial charge is 0.236 e. The minimum absolute atomic E-state index is 0.707. The van der Waals surface area contributed by atoms with Gasteiger partial charge in [0.05, 0.1) is 12.1 Å². The standard InChI is InChI=1S/C22H18N4O/c1-16-23-11-12-25(16)14-18-15-26(21-10-6-5-9-19(18)21)22-13-20(24-27-22)17-7-3-2-4-8-17/h2-13,15H,14H2,1H3.